The molecule has 180 valence electrons. The fraction of sp³-hybridized carbons (Fsp3) is 0.444. The number of carboxylic acids is 1. The van der Waals surface area contributed by atoms with Crippen LogP contribution in [0.3, 0.4) is 0 Å². The van der Waals surface area contributed by atoms with Crippen LogP contribution in [0.15, 0.2) is 48.5 Å². The largest absolute Gasteiger partial charge is 0.481 e. The van der Waals surface area contributed by atoms with Crippen LogP contribution in [0.1, 0.15) is 63.0 Å². The first-order valence-corrected chi connectivity index (χ1v) is 11.9. The normalized spacial score (nSPS) is 16.7. The second-order valence-corrected chi connectivity index (χ2v) is 9.78. The molecule has 0 heterocycles. The third kappa shape index (κ3) is 5.08. The molecule has 2 amide bonds. The molecular formula is C27H32N2O5. The molecule has 1 fully saturated rings. The van der Waals surface area contributed by atoms with Crippen molar-refractivity contribution < 1.29 is 24.2 Å². The van der Waals surface area contributed by atoms with E-state index in [1.807, 2.05) is 38.1 Å². The fourth-order valence-electron chi connectivity index (χ4n) is 5.03. The van der Waals surface area contributed by atoms with Gasteiger partial charge in [-0.3, -0.25) is 9.59 Å². The van der Waals surface area contributed by atoms with Crippen LogP contribution in [0.4, 0.5) is 4.79 Å². The van der Waals surface area contributed by atoms with Gasteiger partial charge in [0, 0.05) is 18.4 Å². The molecule has 2 aromatic rings. The van der Waals surface area contributed by atoms with Crippen molar-refractivity contribution in [1.29, 1.82) is 0 Å². The summed E-state index contributed by atoms with van der Waals surface area (Å²) in [4.78, 5) is 36.5. The topological polar surface area (TPSA) is 105 Å². The number of carbonyl (C=O) groups is 3. The lowest BCUT2D eigenvalue weighted by Gasteiger charge is -2.41. The van der Waals surface area contributed by atoms with Crippen LogP contribution < -0.4 is 10.6 Å². The molecular weight excluding hydrogens is 432 g/mol. The first kappa shape index (κ1) is 23.8. The standard InChI is InChI=1S/C27H32N2O5/c1-17(2)23(14-24(30)29-27(12-7-13-27)15-25(31)32)28-26(33)34-16-22-20-10-5-3-8-18(20)19-9-4-6-11-21(19)22/h3-6,8-11,17,22-23H,7,12-16H2,1-2H3,(H,28,33)(H,29,30)(H,31,32)/t23-/m1/s1. The molecule has 7 nitrogen and oxygen atoms in total. The van der Waals surface area contributed by atoms with Crippen molar-refractivity contribution in [3.05, 3.63) is 59.7 Å². The highest BCUT2D eigenvalue weighted by atomic mass is 16.5. The second kappa shape index (κ2) is 9.87. The number of hydrogen-bond acceptors (Lipinski definition) is 4. The molecule has 7 heteroatoms. The van der Waals surface area contributed by atoms with Crippen molar-refractivity contribution in [2.24, 2.45) is 5.92 Å². The van der Waals surface area contributed by atoms with E-state index in [4.69, 9.17) is 9.84 Å². The summed E-state index contributed by atoms with van der Waals surface area (Å²) in [5, 5.41) is 14.9. The van der Waals surface area contributed by atoms with E-state index in [0.717, 1.165) is 28.7 Å². The molecule has 0 spiro atoms. The highest BCUT2D eigenvalue weighted by molar-refractivity contribution is 5.80. The number of fused-ring (bicyclic) bond motifs is 3. The number of nitrogens with one attached hydrogen (secondary N) is 2. The predicted molar refractivity (Wildman–Crippen MR) is 128 cm³/mol. The Hall–Kier alpha value is -3.35. The number of hydrogen-bond donors (Lipinski definition) is 3. The number of carboxylic acid groups (broad SMARTS) is 1. The van der Waals surface area contributed by atoms with Crippen molar-refractivity contribution in [3.8, 4) is 11.1 Å². The van der Waals surface area contributed by atoms with Crippen molar-refractivity contribution in [3.63, 3.8) is 0 Å². The van der Waals surface area contributed by atoms with Crippen LogP contribution in [0.25, 0.3) is 11.1 Å². The first-order valence-electron chi connectivity index (χ1n) is 11.9. The minimum Gasteiger partial charge on any atom is -0.481 e. The molecule has 3 N–H and O–H groups in total. The van der Waals surface area contributed by atoms with E-state index in [0.29, 0.717) is 12.8 Å². The van der Waals surface area contributed by atoms with Gasteiger partial charge in [-0.25, -0.2) is 4.79 Å². The average Bonchev–Trinajstić information content (AvgIpc) is 3.09. The number of aliphatic carboxylic acids is 1. The van der Waals surface area contributed by atoms with E-state index < -0.39 is 23.6 Å². The van der Waals surface area contributed by atoms with Crippen LogP contribution in [0.5, 0.6) is 0 Å². The third-order valence-corrected chi connectivity index (χ3v) is 7.06. The zero-order valence-corrected chi connectivity index (χ0v) is 19.7. The quantitative estimate of drug-likeness (QED) is 0.508. The van der Waals surface area contributed by atoms with Crippen LogP contribution >= 0.6 is 0 Å². The highest BCUT2D eigenvalue weighted by Gasteiger charge is 2.40. The van der Waals surface area contributed by atoms with Gasteiger partial charge in [0.15, 0.2) is 0 Å². The monoisotopic (exact) mass is 464 g/mol. The Morgan fingerprint density at radius 3 is 2.12 bits per heavy atom. The van der Waals surface area contributed by atoms with E-state index in [1.54, 1.807) is 0 Å². The maximum atomic E-state index is 12.7. The van der Waals surface area contributed by atoms with Gasteiger partial charge >= 0.3 is 12.1 Å². The summed E-state index contributed by atoms with van der Waals surface area (Å²) in [7, 11) is 0. The Bertz CT molecular complexity index is 1030. The number of benzene rings is 2. The summed E-state index contributed by atoms with van der Waals surface area (Å²) in [5.74, 6) is -1.20. The molecule has 0 radical (unpaired) electrons. The van der Waals surface area contributed by atoms with Crippen LogP contribution in [-0.2, 0) is 14.3 Å². The predicted octanol–water partition coefficient (Wildman–Crippen LogP) is 4.45. The van der Waals surface area contributed by atoms with Crippen molar-refractivity contribution in [2.45, 2.75) is 63.5 Å². The second-order valence-electron chi connectivity index (χ2n) is 9.78. The number of rotatable bonds is 9. The maximum Gasteiger partial charge on any atom is 0.407 e. The number of carbonyl (C=O) groups excluding carboxylic acids is 2. The van der Waals surface area contributed by atoms with E-state index in [9.17, 15) is 14.4 Å². The molecule has 2 aliphatic rings. The van der Waals surface area contributed by atoms with Gasteiger partial charge in [-0.15, -0.1) is 0 Å². The van der Waals surface area contributed by atoms with Gasteiger partial charge in [0.2, 0.25) is 5.91 Å². The van der Waals surface area contributed by atoms with E-state index in [1.165, 1.54) is 0 Å². The molecule has 0 bridgehead atoms. The Kier molecular flexibility index (Phi) is 6.91. The summed E-state index contributed by atoms with van der Waals surface area (Å²) in [6.07, 6.45) is 1.67. The molecule has 2 aliphatic carbocycles. The van der Waals surface area contributed by atoms with Crippen LogP contribution in [-0.4, -0.2) is 41.3 Å². The van der Waals surface area contributed by atoms with E-state index >= 15 is 0 Å². The molecule has 4 rings (SSSR count). The number of alkyl carbamates (subject to hydrolysis) is 1. The first-order chi connectivity index (χ1) is 16.3. The van der Waals surface area contributed by atoms with Crippen molar-refractivity contribution in [1.82, 2.24) is 10.6 Å². The Balaban J connectivity index is 1.35. The molecule has 34 heavy (non-hydrogen) atoms. The zero-order valence-electron chi connectivity index (χ0n) is 19.7. The molecule has 2 aromatic carbocycles. The average molecular weight is 465 g/mol. The summed E-state index contributed by atoms with van der Waals surface area (Å²) >= 11 is 0. The Labute approximate surface area is 199 Å². The van der Waals surface area contributed by atoms with Gasteiger partial charge in [-0.05, 0) is 47.4 Å². The van der Waals surface area contributed by atoms with Crippen LogP contribution in [0.2, 0.25) is 0 Å². The third-order valence-electron chi connectivity index (χ3n) is 7.06. The van der Waals surface area contributed by atoms with Gasteiger partial charge in [-0.2, -0.15) is 0 Å². The van der Waals surface area contributed by atoms with E-state index in [-0.39, 0.29) is 37.2 Å². The lowest BCUT2D eigenvalue weighted by molar-refractivity contribution is -0.140. The molecule has 0 aliphatic heterocycles. The lowest BCUT2D eigenvalue weighted by atomic mass is 9.74. The number of ether oxygens (including phenoxy) is 1. The van der Waals surface area contributed by atoms with Gasteiger partial charge in [0.25, 0.3) is 0 Å². The van der Waals surface area contributed by atoms with Gasteiger partial charge in [-0.1, -0.05) is 62.4 Å². The smallest absolute Gasteiger partial charge is 0.407 e. The zero-order chi connectivity index (χ0) is 24.3. The molecule has 1 saturated carbocycles. The van der Waals surface area contributed by atoms with Gasteiger partial charge in [0.1, 0.15) is 6.61 Å². The molecule has 1 atom stereocenters. The highest BCUT2D eigenvalue weighted by Crippen LogP contribution is 2.44. The summed E-state index contributed by atoms with van der Waals surface area (Å²) in [6.45, 7) is 4.06. The number of amides is 2. The van der Waals surface area contributed by atoms with E-state index in [2.05, 4.69) is 34.9 Å². The lowest BCUT2D eigenvalue weighted by Crippen LogP contribution is -2.56. The Morgan fingerprint density at radius 2 is 1.62 bits per heavy atom. The van der Waals surface area contributed by atoms with Gasteiger partial charge < -0.3 is 20.5 Å². The minimum atomic E-state index is -0.919. The summed E-state index contributed by atoms with van der Waals surface area (Å²) < 4.78 is 5.63. The Morgan fingerprint density at radius 1 is 1.03 bits per heavy atom. The summed E-state index contributed by atoms with van der Waals surface area (Å²) in [6, 6.07) is 15.9. The maximum absolute atomic E-state index is 12.7. The minimum absolute atomic E-state index is 0.00282. The SMILES string of the molecule is CC(C)[C@@H](CC(=O)NC1(CC(=O)O)CCC1)NC(=O)OCC1c2ccccc2-c2ccccc21. The summed E-state index contributed by atoms with van der Waals surface area (Å²) in [5.41, 5.74) is 3.94. The molecule has 0 saturated heterocycles. The van der Waals surface area contributed by atoms with Crippen LogP contribution in [0, 0.1) is 5.92 Å². The van der Waals surface area contributed by atoms with Crippen molar-refractivity contribution in [2.75, 3.05) is 6.61 Å². The van der Waals surface area contributed by atoms with Crippen molar-refractivity contribution >= 4 is 18.0 Å². The molecule has 0 aromatic heterocycles. The fourth-order valence-corrected chi connectivity index (χ4v) is 5.03. The van der Waals surface area contributed by atoms with Gasteiger partial charge in [0.05, 0.1) is 12.0 Å². The molecule has 0 unspecified atom stereocenters.